The van der Waals surface area contributed by atoms with Gasteiger partial charge < -0.3 is 10.1 Å². The van der Waals surface area contributed by atoms with Crippen molar-refractivity contribution in [3.63, 3.8) is 0 Å². The first kappa shape index (κ1) is 11.8. The average Bonchev–Trinajstić information content (AvgIpc) is 2.83. The highest BCUT2D eigenvalue weighted by atomic mass is 16.5. The van der Waals surface area contributed by atoms with Gasteiger partial charge in [0.2, 0.25) is 11.8 Å². The number of carbonyl (C=O) groups excluding carboxylic acids is 1. The number of fused-ring (bicyclic) bond motifs is 1. The second kappa shape index (κ2) is 4.76. The zero-order chi connectivity index (χ0) is 13.2. The molecule has 1 aliphatic heterocycles. The van der Waals surface area contributed by atoms with Crippen LogP contribution in [0.4, 0.5) is 5.69 Å². The summed E-state index contributed by atoms with van der Waals surface area (Å²) >= 11 is 0. The fourth-order valence-electron chi connectivity index (χ4n) is 2.20. The van der Waals surface area contributed by atoms with Gasteiger partial charge in [-0.05, 0) is 17.7 Å². The minimum absolute atomic E-state index is 0.0704. The van der Waals surface area contributed by atoms with E-state index >= 15 is 0 Å². The van der Waals surface area contributed by atoms with E-state index in [1.54, 1.807) is 0 Å². The van der Waals surface area contributed by atoms with Gasteiger partial charge in [-0.1, -0.05) is 12.1 Å². The van der Waals surface area contributed by atoms with Gasteiger partial charge in [-0.15, -0.1) is 0 Å². The van der Waals surface area contributed by atoms with Gasteiger partial charge in [-0.2, -0.15) is 5.10 Å². The van der Waals surface area contributed by atoms with Crippen LogP contribution in [0, 0.1) is 0 Å². The lowest BCUT2D eigenvalue weighted by atomic mass is 10.1. The van der Waals surface area contributed by atoms with Crippen molar-refractivity contribution in [2.45, 2.75) is 19.9 Å². The summed E-state index contributed by atoms with van der Waals surface area (Å²) in [5.74, 6) is 0.762. The lowest BCUT2D eigenvalue weighted by Gasteiger charge is -2.16. The third-order valence-corrected chi connectivity index (χ3v) is 3.06. The second-order valence-corrected chi connectivity index (χ2v) is 4.55. The number of hydrogen-bond donors (Lipinski definition) is 1. The lowest BCUT2D eigenvalue weighted by Crippen LogP contribution is -2.14. The van der Waals surface area contributed by atoms with Gasteiger partial charge in [-0.25, -0.2) is 4.68 Å². The van der Waals surface area contributed by atoms with E-state index in [1.165, 1.54) is 6.92 Å². The molecule has 0 radical (unpaired) electrons. The maximum absolute atomic E-state index is 11.0. The zero-order valence-corrected chi connectivity index (χ0v) is 10.7. The van der Waals surface area contributed by atoms with Crippen LogP contribution < -0.4 is 10.1 Å². The van der Waals surface area contributed by atoms with Gasteiger partial charge in [0.1, 0.15) is 0 Å². The lowest BCUT2D eigenvalue weighted by molar-refractivity contribution is -0.114. The molecule has 2 heterocycles. The maximum atomic E-state index is 11.0. The molecule has 1 amide bonds. The molecule has 2 aromatic rings. The van der Waals surface area contributed by atoms with E-state index < -0.39 is 0 Å². The highest BCUT2D eigenvalue weighted by Gasteiger charge is 2.17. The highest BCUT2D eigenvalue weighted by molar-refractivity contribution is 5.89. The Morgan fingerprint density at radius 3 is 2.89 bits per heavy atom. The molecule has 0 bridgehead atoms. The Balaban J connectivity index is 1.90. The van der Waals surface area contributed by atoms with Gasteiger partial charge in [0.15, 0.2) is 0 Å². The summed E-state index contributed by atoms with van der Waals surface area (Å²) in [6, 6.07) is 7.68. The van der Waals surface area contributed by atoms with Crippen LogP contribution in [0.25, 0.3) is 11.1 Å². The van der Waals surface area contributed by atoms with Gasteiger partial charge in [0.05, 0.1) is 18.4 Å². The van der Waals surface area contributed by atoms with Crippen LogP contribution in [0.1, 0.15) is 13.3 Å². The molecule has 0 unspecified atom stereocenters. The van der Waals surface area contributed by atoms with Gasteiger partial charge in [0.25, 0.3) is 0 Å². The predicted molar refractivity (Wildman–Crippen MR) is 72.1 cm³/mol. The summed E-state index contributed by atoms with van der Waals surface area (Å²) in [5.41, 5.74) is 2.82. The van der Waals surface area contributed by atoms with E-state index in [-0.39, 0.29) is 5.91 Å². The Hall–Kier alpha value is -2.30. The maximum Gasteiger partial charge on any atom is 0.221 e. The van der Waals surface area contributed by atoms with Crippen molar-refractivity contribution in [3.05, 3.63) is 30.5 Å². The number of aryl methyl sites for hydroxylation is 1. The molecule has 0 fully saturated rings. The number of benzene rings is 1. The second-order valence-electron chi connectivity index (χ2n) is 4.55. The van der Waals surface area contributed by atoms with Crippen molar-refractivity contribution in [1.82, 2.24) is 9.78 Å². The van der Waals surface area contributed by atoms with Crippen molar-refractivity contribution in [1.29, 1.82) is 0 Å². The summed E-state index contributed by atoms with van der Waals surface area (Å²) in [7, 11) is 0. The van der Waals surface area contributed by atoms with Crippen LogP contribution >= 0.6 is 0 Å². The topological polar surface area (TPSA) is 56.2 Å². The molecule has 5 nitrogen and oxygen atoms in total. The summed E-state index contributed by atoms with van der Waals surface area (Å²) < 4.78 is 7.56. The van der Waals surface area contributed by atoms with Crippen molar-refractivity contribution < 1.29 is 9.53 Å². The summed E-state index contributed by atoms with van der Waals surface area (Å²) in [6.45, 7) is 3.14. The van der Waals surface area contributed by atoms with E-state index in [0.717, 1.165) is 42.3 Å². The largest absolute Gasteiger partial charge is 0.477 e. The van der Waals surface area contributed by atoms with Gasteiger partial charge >= 0.3 is 0 Å². The van der Waals surface area contributed by atoms with Crippen LogP contribution in [0.15, 0.2) is 30.5 Å². The molecule has 0 spiro atoms. The minimum atomic E-state index is -0.0704. The molecule has 1 aromatic carbocycles. The minimum Gasteiger partial charge on any atom is -0.477 e. The number of nitrogens with zero attached hydrogens (tertiary/aromatic N) is 2. The summed E-state index contributed by atoms with van der Waals surface area (Å²) in [5, 5.41) is 7.07. The third-order valence-electron chi connectivity index (χ3n) is 3.06. The van der Waals surface area contributed by atoms with E-state index in [1.807, 2.05) is 35.1 Å². The summed E-state index contributed by atoms with van der Waals surface area (Å²) in [6.07, 6.45) is 2.82. The Bertz CT molecular complexity index is 602. The van der Waals surface area contributed by atoms with E-state index in [2.05, 4.69) is 10.4 Å². The highest BCUT2D eigenvalue weighted by Crippen LogP contribution is 2.32. The van der Waals surface area contributed by atoms with Crippen molar-refractivity contribution in [2.75, 3.05) is 11.9 Å². The average molecular weight is 257 g/mol. The Kier molecular flexibility index (Phi) is 2.95. The molecule has 1 N–H and O–H groups in total. The molecule has 0 saturated heterocycles. The molecule has 3 rings (SSSR count). The number of ether oxygens (including phenoxy) is 1. The molecular formula is C14H15N3O2. The van der Waals surface area contributed by atoms with Crippen LogP contribution in [0.2, 0.25) is 0 Å². The molecule has 1 aliphatic rings. The summed E-state index contributed by atoms with van der Waals surface area (Å²) in [4.78, 5) is 11.0. The molecule has 0 aliphatic carbocycles. The molecular weight excluding hydrogens is 242 g/mol. The first-order valence-electron chi connectivity index (χ1n) is 6.30. The number of aromatic nitrogens is 2. The molecule has 19 heavy (non-hydrogen) atoms. The number of carbonyl (C=O) groups is 1. The predicted octanol–water partition coefficient (Wildman–Crippen LogP) is 2.29. The van der Waals surface area contributed by atoms with Crippen molar-refractivity contribution in [2.24, 2.45) is 0 Å². The Labute approximate surface area is 111 Å². The first-order valence-corrected chi connectivity index (χ1v) is 6.30. The fraction of sp³-hybridized carbons (Fsp3) is 0.286. The molecule has 0 atom stereocenters. The SMILES string of the molecule is CC(=O)Nc1ccc(-c2cnn3c2OCCC3)cc1. The smallest absolute Gasteiger partial charge is 0.221 e. The van der Waals surface area contributed by atoms with Crippen molar-refractivity contribution >= 4 is 11.6 Å². The van der Waals surface area contributed by atoms with Crippen LogP contribution in [0.5, 0.6) is 5.88 Å². The van der Waals surface area contributed by atoms with Gasteiger partial charge in [0, 0.05) is 25.6 Å². The van der Waals surface area contributed by atoms with E-state index in [9.17, 15) is 4.79 Å². The van der Waals surface area contributed by atoms with E-state index in [4.69, 9.17) is 4.74 Å². The zero-order valence-electron chi connectivity index (χ0n) is 10.7. The van der Waals surface area contributed by atoms with Gasteiger partial charge in [-0.3, -0.25) is 4.79 Å². The molecule has 1 aromatic heterocycles. The monoisotopic (exact) mass is 257 g/mol. The number of nitrogens with one attached hydrogen (secondary N) is 1. The number of rotatable bonds is 2. The number of hydrogen-bond acceptors (Lipinski definition) is 3. The standard InChI is InChI=1S/C14H15N3O2/c1-10(18)16-12-5-3-11(4-6-12)13-9-15-17-7-2-8-19-14(13)17/h3-6,9H,2,7-8H2,1H3,(H,16,18). The Morgan fingerprint density at radius 2 is 2.16 bits per heavy atom. The fourth-order valence-corrected chi connectivity index (χ4v) is 2.20. The third kappa shape index (κ3) is 2.31. The van der Waals surface area contributed by atoms with Crippen molar-refractivity contribution in [3.8, 4) is 17.0 Å². The molecule has 5 heteroatoms. The van der Waals surface area contributed by atoms with Crippen LogP contribution in [0.3, 0.4) is 0 Å². The molecule has 98 valence electrons. The first-order chi connectivity index (χ1) is 9.24. The number of anilines is 1. The van der Waals surface area contributed by atoms with Crippen LogP contribution in [-0.4, -0.2) is 22.3 Å². The number of amides is 1. The van der Waals surface area contributed by atoms with E-state index in [0.29, 0.717) is 0 Å². The quantitative estimate of drug-likeness (QED) is 0.898. The Morgan fingerprint density at radius 1 is 1.37 bits per heavy atom. The van der Waals surface area contributed by atoms with Crippen LogP contribution in [-0.2, 0) is 11.3 Å². The normalized spacial score (nSPS) is 13.5. The molecule has 0 saturated carbocycles.